The van der Waals surface area contributed by atoms with Crippen LogP contribution in [0.2, 0.25) is 0 Å². The zero-order valence-electron chi connectivity index (χ0n) is 16.0. The summed E-state index contributed by atoms with van der Waals surface area (Å²) in [5.41, 5.74) is 6.61. The number of nitrogens with zero attached hydrogens (tertiary/aromatic N) is 4. The van der Waals surface area contributed by atoms with Crippen LogP contribution < -0.4 is 0 Å². The van der Waals surface area contributed by atoms with Crippen molar-refractivity contribution in [3.8, 4) is 29.5 Å². The molecule has 5 heteroatoms. The Kier molecular flexibility index (Phi) is 4.07. The molecule has 0 saturated carbocycles. The lowest BCUT2D eigenvalue weighted by molar-refractivity contribution is 0.627. The van der Waals surface area contributed by atoms with Crippen molar-refractivity contribution in [3.05, 3.63) is 106 Å². The minimum absolute atomic E-state index is 0.0912. The third-order valence-corrected chi connectivity index (χ3v) is 5.52. The fourth-order valence-electron chi connectivity index (χ4n) is 4.38. The highest BCUT2D eigenvalue weighted by atomic mass is 19.1. The van der Waals surface area contributed by atoms with Gasteiger partial charge in [0.25, 0.3) is 0 Å². The highest BCUT2D eigenvalue weighted by Crippen LogP contribution is 2.54. The Bertz CT molecular complexity index is 1450. The summed E-state index contributed by atoms with van der Waals surface area (Å²) in [4.78, 5) is 4.54. The van der Waals surface area contributed by atoms with Gasteiger partial charge in [-0.3, -0.25) is 4.98 Å². The average molecular weight is 398 g/mol. The molecule has 2 aliphatic carbocycles. The number of nitriles is 3. The zero-order chi connectivity index (χ0) is 21.5. The van der Waals surface area contributed by atoms with Gasteiger partial charge in [-0.15, -0.1) is 0 Å². The topological polar surface area (TPSA) is 84.3 Å². The molecule has 0 saturated heterocycles. The lowest BCUT2D eigenvalue weighted by Crippen LogP contribution is -1.94. The lowest BCUT2D eigenvalue weighted by atomic mass is 9.89. The Morgan fingerprint density at radius 2 is 1.55 bits per heavy atom. The summed E-state index contributed by atoms with van der Waals surface area (Å²) in [6, 6.07) is 21.7. The van der Waals surface area contributed by atoms with Crippen LogP contribution in [0, 0.1) is 39.8 Å². The van der Waals surface area contributed by atoms with Gasteiger partial charge in [0.05, 0.1) is 11.8 Å². The molecule has 0 bridgehead atoms. The van der Waals surface area contributed by atoms with Crippen LogP contribution in [0.1, 0.15) is 22.3 Å². The molecule has 0 N–H and O–H groups in total. The number of fused-ring (bicyclic) bond motifs is 4. The van der Waals surface area contributed by atoms with Gasteiger partial charge in [-0.25, -0.2) is 4.39 Å². The molecule has 0 amide bonds. The molecule has 4 nitrogen and oxygen atoms in total. The summed E-state index contributed by atoms with van der Waals surface area (Å²) in [6.07, 6.45) is 3.05. The van der Waals surface area contributed by atoms with Gasteiger partial charge in [0.2, 0.25) is 0 Å². The van der Waals surface area contributed by atoms with E-state index in [1.807, 2.05) is 54.6 Å². The van der Waals surface area contributed by atoms with E-state index in [-0.39, 0.29) is 5.57 Å². The van der Waals surface area contributed by atoms with Crippen molar-refractivity contribution in [2.45, 2.75) is 0 Å². The van der Waals surface area contributed by atoms with Crippen LogP contribution in [0.4, 0.5) is 4.39 Å². The first-order valence-electron chi connectivity index (χ1n) is 9.44. The van der Waals surface area contributed by atoms with Crippen LogP contribution in [-0.2, 0) is 0 Å². The third-order valence-electron chi connectivity index (χ3n) is 5.52. The minimum Gasteiger partial charge on any atom is -0.256 e. The number of rotatable bonds is 0. The quantitative estimate of drug-likeness (QED) is 0.370. The highest BCUT2D eigenvalue weighted by Gasteiger charge is 2.36. The molecule has 2 aromatic carbocycles. The summed E-state index contributed by atoms with van der Waals surface area (Å²) in [5.74, 6) is -0.461. The number of benzene rings is 2. The van der Waals surface area contributed by atoms with E-state index in [9.17, 15) is 20.2 Å². The molecule has 0 unspecified atom stereocenters. The molecule has 1 aromatic heterocycles. The molecule has 142 valence electrons. The minimum atomic E-state index is -0.461. The van der Waals surface area contributed by atoms with Gasteiger partial charge in [-0.1, -0.05) is 36.4 Å². The summed E-state index contributed by atoms with van der Waals surface area (Å²) in [6.45, 7) is 0. The van der Waals surface area contributed by atoms with Crippen molar-refractivity contribution < 1.29 is 4.39 Å². The summed E-state index contributed by atoms with van der Waals surface area (Å²) in [5, 5.41) is 28.9. The van der Waals surface area contributed by atoms with Gasteiger partial charge >= 0.3 is 0 Å². The van der Waals surface area contributed by atoms with Gasteiger partial charge < -0.3 is 0 Å². The van der Waals surface area contributed by atoms with Crippen LogP contribution in [0.3, 0.4) is 0 Å². The number of aromatic nitrogens is 1. The maximum absolute atomic E-state index is 14.2. The standard InChI is InChI=1S/C26H11FN4/c27-16-7-8-18-22(12-16)19(9-10-28)25(23(18)15(13-29)14-30)24-17-4-1-2-5-20(17)26-21(24)6-3-11-31-26/h1-9,11-12H/b19-9+,25-24+. The highest BCUT2D eigenvalue weighted by molar-refractivity contribution is 6.20. The van der Waals surface area contributed by atoms with Crippen LogP contribution in [0.25, 0.3) is 28.0 Å². The predicted octanol–water partition coefficient (Wildman–Crippen LogP) is 5.42. The molecule has 3 aromatic rings. The molecule has 5 rings (SSSR count). The van der Waals surface area contributed by atoms with E-state index in [0.717, 1.165) is 28.0 Å². The first-order valence-corrected chi connectivity index (χ1v) is 9.44. The van der Waals surface area contributed by atoms with E-state index in [1.54, 1.807) is 12.3 Å². The zero-order valence-corrected chi connectivity index (χ0v) is 16.0. The number of hydrogen-bond acceptors (Lipinski definition) is 4. The number of allylic oxidation sites excluding steroid dienone is 5. The van der Waals surface area contributed by atoms with Crippen LogP contribution in [0.15, 0.2) is 78.0 Å². The van der Waals surface area contributed by atoms with Gasteiger partial charge in [-0.05, 0) is 34.9 Å². The molecule has 31 heavy (non-hydrogen) atoms. The SMILES string of the molecule is N#C/C=C1/C(=C2/c3ccccc3-c3ncccc32)C(=C(C#N)C#N)c2ccc(F)cc21. The molecule has 0 radical (unpaired) electrons. The van der Waals surface area contributed by atoms with E-state index < -0.39 is 5.82 Å². The average Bonchev–Trinajstić information content (AvgIpc) is 3.28. The molecule has 1 heterocycles. The molecular weight excluding hydrogens is 387 g/mol. The first kappa shape index (κ1) is 18.3. The van der Waals surface area contributed by atoms with E-state index in [0.29, 0.717) is 27.8 Å². The second-order valence-electron chi connectivity index (χ2n) is 7.05. The van der Waals surface area contributed by atoms with E-state index >= 15 is 0 Å². The lowest BCUT2D eigenvalue weighted by Gasteiger charge is -2.12. The normalized spacial score (nSPS) is 16.7. The summed E-state index contributed by atoms with van der Waals surface area (Å²) >= 11 is 0. The largest absolute Gasteiger partial charge is 0.256 e. The van der Waals surface area contributed by atoms with Crippen molar-refractivity contribution in [1.82, 2.24) is 4.98 Å². The van der Waals surface area contributed by atoms with Crippen LogP contribution >= 0.6 is 0 Å². The number of hydrogen-bond donors (Lipinski definition) is 0. The first-order chi connectivity index (χ1) is 15.2. The van der Waals surface area contributed by atoms with E-state index in [1.165, 1.54) is 18.2 Å². The van der Waals surface area contributed by atoms with E-state index in [2.05, 4.69) is 4.98 Å². The third kappa shape index (κ3) is 2.53. The Labute approximate surface area is 177 Å². The second kappa shape index (κ2) is 6.92. The van der Waals surface area contributed by atoms with Crippen molar-refractivity contribution in [2.24, 2.45) is 0 Å². The van der Waals surface area contributed by atoms with Gasteiger partial charge in [0.15, 0.2) is 0 Å². The molecule has 0 aliphatic heterocycles. The molecule has 0 fully saturated rings. The van der Waals surface area contributed by atoms with Gasteiger partial charge in [0.1, 0.15) is 23.5 Å². The smallest absolute Gasteiger partial charge is 0.138 e. The van der Waals surface area contributed by atoms with Crippen LogP contribution in [-0.4, -0.2) is 4.98 Å². The Balaban J connectivity index is 2.02. The van der Waals surface area contributed by atoms with Crippen molar-refractivity contribution in [1.29, 1.82) is 15.8 Å². The summed E-state index contributed by atoms with van der Waals surface area (Å²) in [7, 11) is 0. The fourth-order valence-corrected chi connectivity index (χ4v) is 4.38. The fraction of sp³-hybridized carbons (Fsp3) is 0. The van der Waals surface area contributed by atoms with Gasteiger partial charge in [-0.2, -0.15) is 15.8 Å². The van der Waals surface area contributed by atoms with E-state index in [4.69, 9.17) is 0 Å². The Morgan fingerprint density at radius 3 is 2.29 bits per heavy atom. The van der Waals surface area contributed by atoms with Crippen molar-refractivity contribution in [3.63, 3.8) is 0 Å². The molecule has 0 atom stereocenters. The number of halogens is 1. The second-order valence-corrected chi connectivity index (χ2v) is 7.05. The Hall–Kier alpha value is -4.79. The van der Waals surface area contributed by atoms with Crippen LogP contribution in [0.5, 0.6) is 0 Å². The Morgan fingerprint density at radius 1 is 0.806 bits per heavy atom. The summed E-state index contributed by atoms with van der Waals surface area (Å²) < 4.78 is 14.2. The predicted molar refractivity (Wildman–Crippen MR) is 114 cm³/mol. The maximum atomic E-state index is 14.2. The van der Waals surface area contributed by atoms with Gasteiger partial charge in [0, 0.05) is 45.7 Å². The molecule has 2 aliphatic rings. The monoisotopic (exact) mass is 398 g/mol. The molecule has 0 spiro atoms. The van der Waals surface area contributed by atoms with Crippen molar-refractivity contribution in [2.75, 3.05) is 0 Å². The van der Waals surface area contributed by atoms with Crippen molar-refractivity contribution >= 4 is 16.7 Å². The number of pyridine rings is 1. The maximum Gasteiger partial charge on any atom is 0.138 e. The molecular formula is C26H11FN4.